The molecule has 4 heteroatoms. The predicted molar refractivity (Wildman–Crippen MR) is 131 cm³/mol. The van der Waals surface area contributed by atoms with Crippen LogP contribution in [0.4, 0.5) is 0 Å². The molecule has 0 heterocycles. The molecule has 2 aliphatic rings. The lowest BCUT2D eigenvalue weighted by atomic mass is 9.70. The van der Waals surface area contributed by atoms with Crippen molar-refractivity contribution in [1.82, 2.24) is 0 Å². The van der Waals surface area contributed by atoms with E-state index in [4.69, 9.17) is 0 Å². The molecule has 2 aliphatic carbocycles. The van der Waals surface area contributed by atoms with Crippen molar-refractivity contribution in [2.45, 2.75) is 33.6 Å². The molecule has 5 rings (SSSR count). The molecule has 2 bridgehead atoms. The van der Waals surface area contributed by atoms with Crippen molar-refractivity contribution in [1.29, 1.82) is 0 Å². The van der Waals surface area contributed by atoms with Crippen LogP contribution < -0.4 is 0 Å². The van der Waals surface area contributed by atoms with E-state index >= 15 is 0 Å². The molecule has 0 N–H and O–H groups in total. The first-order valence-corrected chi connectivity index (χ1v) is 11.5. The third-order valence-electron chi connectivity index (χ3n) is 7.73. The number of hydrogen-bond donors (Lipinski definition) is 0. The lowest BCUT2D eigenvalue weighted by molar-refractivity contribution is -0.141. The highest BCUT2D eigenvalue weighted by atomic mass is 16.2. The highest BCUT2D eigenvalue weighted by Crippen LogP contribution is 2.61. The summed E-state index contributed by atoms with van der Waals surface area (Å²) in [6, 6.07) is 25.0. The van der Waals surface area contributed by atoms with E-state index in [1.165, 1.54) is 0 Å². The van der Waals surface area contributed by atoms with E-state index in [1.54, 1.807) is 48.5 Å². The van der Waals surface area contributed by atoms with E-state index in [-0.39, 0.29) is 39.9 Å². The van der Waals surface area contributed by atoms with Crippen LogP contribution in [0.15, 0.2) is 84.9 Å². The fourth-order valence-electron chi connectivity index (χ4n) is 5.11. The van der Waals surface area contributed by atoms with Crippen LogP contribution in [0.1, 0.15) is 65.5 Å². The highest BCUT2D eigenvalue weighted by molar-refractivity contribution is 6.43. The molecule has 2 atom stereocenters. The molecule has 2 saturated carbocycles. The Labute approximate surface area is 200 Å². The highest BCUT2D eigenvalue weighted by Gasteiger charge is 2.66. The van der Waals surface area contributed by atoms with Gasteiger partial charge in [-0.15, -0.1) is 0 Å². The maximum atomic E-state index is 12.4. The maximum Gasteiger partial charge on any atom is 0.205 e. The van der Waals surface area contributed by atoms with E-state index in [2.05, 4.69) is 0 Å². The Bertz CT molecular complexity index is 1190. The van der Waals surface area contributed by atoms with E-state index in [0.29, 0.717) is 22.3 Å². The van der Waals surface area contributed by atoms with Crippen molar-refractivity contribution in [2.75, 3.05) is 0 Å². The van der Waals surface area contributed by atoms with Gasteiger partial charge in [0.1, 0.15) is 0 Å². The Hall–Kier alpha value is -3.66. The molecule has 0 spiro atoms. The van der Waals surface area contributed by atoms with Gasteiger partial charge < -0.3 is 0 Å². The van der Waals surface area contributed by atoms with Gasteiger partial charge in [0.15, 0.2) is 11.6 Å². The van der Waals surface area contributed by atoms with Gasteiger partial charge in [-0.3, -0.25) is 19.2 Å². The van der Waals surface area contributed by atoms with Crippen LogP contribution in [0.2, 0.25) is 0 Å². The third-order valence-corrected chi connectivity index (χ3v) is 7.73. The largest absolute Gasteiger partial charge is 0.291 e. The molecule has 0 saturated heterocycles. The molecule has 2 fully saturated rings. The zero-order chi connectivity index (χ0) is 24.5. The van der Waals surface area contributed by atoms with Crippen molar-refractivity contribution in [3.63, 3.8) is 0 Å². The number of benzene rings is 3. The summed E-state index contributed by atoms with van der Waals surface area (Å²) in [4.78, 5) is 47.9. The van der Waals surface area contributed by atoms with Gasteiger partial charge in [0.05, 0.1) is 0 Å². The van der Waals surface area contributed by atoms with Gasteiger partial charge in [-0.1, -0.05) is 99.6 Å². The second-order valence-electron chi connectivity index (χ2n) is 9.81. The zero-order valence-electron chi connectivity index (χ0n) is 19.7. The minimum absolute atomic E-state index is 0.00926. The van der Waals surface area contributed by atoms with Gasteiger partial charge in [-0.05, 0) is 24.3 Å². The average Bonchev–Trinajstić information content (AvgIpc) is 3.18. The van der Waals surface area contributed by atoms with Crippen molar-refractivity contribution in [3.05, 3.63) is 107 Å². The van der Waals surface area contributed by atoms with Crippen LogP contribution in [0.25, 0.3) is 0 Å². The van der Waals surface area contributed by atoms with Crippen LogP contribution >= 0.6 is 0 Å². The summed E-state index contributed by atoms with van der Waals surface area (Å²) in [5.41, 5.74) is 1.83. The van der Waals surface area contributed by atoms with E-state index < -0.39 is 0 Å². The zero-order valence-corrected chi connectivity index (χ0v) is 19.7. The monoisotopic (exact) mass is 452 g/mol. The normalized spacial score (nSPS) is 22.1. The summed E-state index contributed by atoms with van der Waals surface area (Å²) < 4.78 is 0. The number of carbonyl (C=O) groups is 4. The predicted octanol–water partition coefficient (Wildman–Crippen LogP) is 5.73. The quantitative estimate of drug-likeness (QED) is 0.374. The molecular formula is C30H28O4. The van der Waals surface area contributed by atoms with Gasteiger partial charge in [-0.2, -0.15) is 0 Å². The first kappa shape index (κ1) is 23.5. The Kier molecular flexibility index (Phi) is 6.18. The second-order valence-corrected chi connectivity index (χ2v) is 9.81. The van der Waals surface area contributed by atoms with Crippen LogP contribution in [0.3, 0.4) is 0 Å². The lowest BCUT2D eigenvalue weighted by Gasteiger charge is -2.31. The van der Waals surface area contributed by atoms with Crippen LogP contribution in [0.5, 0.6) is 0 Å². The molecule has 34 heavy (non-hydrogen) atoms. The molecule has 4 nitrogen and oxygen atoms in total. The van der Waals surface area contributed by atoms with Crippen molar-refractivity contribution in [3.8, 4) is 0 Å². The molecule has 0 radical (unpaired) electrons. The Morgan fingerprint density at radius 2 is 1.12 bits per heavy atom. The summed E-state index contributed by atoms with van der Waals surface area (Å²) in [5.74, 6) is -0.390. The molecular weight excluding hydrogens is 424 g/mol. The van der Waals surface area contributed by atoms with Gasteiger partial charge in [0.2, 0.25) is 11.6 Å². The van der Waals surface area contributed by atoms with Gasteiger partial charge in [0.25, 0.3) is 0 Å². The maximum absolute atomic E-state index is 12.4. The SMILES string of the molecule is CC12CCC(C(=O)C1=O)C2(C)C.O=C(c1ccccc1)c1cccc(C(=O)c2ccccc2)c1. The molecule has 0 aliphatic heterocycles. The number of carbonyl (C=O) groups excluding carboxylic acids is 4. The molecule has 172 valence electrons. The molecule has 2 unspecified atom stereocenters. The number of ketones is 4. The first-order chi connectivity index (χ1) is 16.2. The number of fused-ring (bicyclic) bond motifs is 2. The first-order valence-electron chi connectivity index (χ1n) is 11.5. The van der Waals surface area contributed by atoms with Crippen molar-refractivity contribution < 1.29 is 19.2 Å². The second kappa shape index (κ2) is 8.94. The van der Waals surface area contributed by atoms with Crippen molar-refractivity contribution >= 4 is 23.1 Å². The molecule has 0 amide bonds. The van der Waals surface area contributed by atoms with Crippen LogP contribution in [0, 0.1) is 16.7 Å². The fourth-order valence-corrected chi connectivity index (χ4v) is 5.11. The standard InChI is InChI=1S/C20H14O2.C10H14O2/c21-19(15-8-3-1-4-9-15)17-12-7-13-18(14-17)20(22)16-10-5-2-6-11-16;1-9(2)6-4-5-10(9,3)8(12)7(6)11/h1-14H;6H,4-5H2,1-3H3. The smallest absolute Gasteiger partial charge is 0.205 e. The van der Waals surface area contributed by atoms with Crippen LogP contribution in [-0.2, 0) is 9.59 Å². The van der Waals surface area contributed by atoms with Crippen LogP contribution in [-0.4, -0.2) is 23.1 Å². The topological polar surface area (TPSA) is 68.3 Å². The molecule has 3 aromatic carbocycles. The molecule has 0 aromatic heterocycles. The number of hydrogen-bond acceptors (Lipinski definition) is 4. The molecule has 3 aromatic rings. The van der Waals surface area contributed by atoms with Crippen molar-refractivity contribution in [2.24, 2.45) is 16.7 Å². The van der Waals surface area contributed by atoms with E-state index in [9.17, 15) is 19.2 Å². The lowest BCUT2D eigenvalue weighted by Crippen LogP contribution is -2.33. The summed E-state index contributed by atoms with van der Waals surface area (Å²) in [5, 5.41) is 0. The summed E-state index contributed by atoms with van der Waals surface area (Å²) >= 11 is 0. The fraction of sp³-hybridized carbons (Fsp3) is 0.267. The van der Waals surface area contributed by atoms with E-state index in [1.807, 2.05) is 57.2 Å². The summed E-state index contributed by atoms with van der Waals surface area (Å²) in [6.07, 6.45) is 1.81. The Morgan fingerprint density at radius 3 is 1.47 bits per heavy atom. The van der Waals surface area contributed by atoms with E-state index in [0.717, 1.165) is 12.8 Å². The summed E-state index contributed by atoms with van der Waals surface area (Å²) in [7, 11) is 0. The third kappa shape index (κ3) is 3.94. The van der Waals surface area contributed by atoms with Gasteiger partial charge in [0, 0.05) is 33.6 Å². The van der Waals surface area contributed by atoms with Gasteiger partial charge in [-0.25, -0.2) is 0 Å². The minimum Gasteiger partial charge on any atom is -0.291 e. The number of rotatable bonds is 4. The average molecular weight is 453 g/mol. The van der Waals surface area contributed by atoms with Gasteiger partial charge >= 0.3 is 0 Å². The Morgan fingerprint density at radius 1 is 0.676 bits per heavy atom. The summed E-state index contributed by atoms with van der Waals surface area (Å²) in [6.45, 7) is 6.04. The number of Topliss-reactive ketones (excluding diaryl/α,β-unsaturated/α-hetero) is 2. The minimum atomic E-state index is -0.352. The Balaban J connectivity index is 0.000000192.